The summed E-state index contributed by atoms with van der Waals surface area (Å²) >= 11 is 0. The fourth-order valence-corrected chi connectivity index (χ4v) is 2.63. The number of hydrogen-bond donors (Lipinski definition) is 0. The highest BCUT2D eigenvalue weighted by molar-refractivity contribution is 5.36. The van der Waals surface area contributed by atoms with Gasteiger partial charge in [-0.3, -0.25) is 4.90 Å². The standard InChI is InChI=1S/C16H22N2O/c1-13-6-7-14(2)18(12-13)8-9-19-16-5-3-4-15(10-16)11-17/h3-5,10,13-14H,6-9,12H2,1-2H3. The molecule has 1 aliphatic heterocycles. The monoisotopic (exact) mass is 258 g/mol. The van der Waals surface area contributed by atoms with Gasteiger partial charge in [-0.05, 0) is 43.9 Å². The Bertz CT molecular complexity index is 452. The molecule has 0 radical (unpaired) electrons. The zero-order chi connectivity index (χ0) is 13.7. The van der Waals surface area contributed by atoms with E-state index in [0.717, 1.165) is 18.2 Å². The quantitative estimate of drug-likeness (QED) is 0.832. The number of piperidine rings is 1. The van der Waals surface area contributed by atoms with Crippen molar-refractivity contribution in [2.45, 2.75) is 32.7 Å². The molecule has 1 aliphatic rings. The van der Waals surface area contributed by atoms with Crippen LogP contribution in [0.4, 0.5) is 0 Å². The van der Waals surface area contributed by atoms with E-state index in [4.69, 9.17) is 10.00 Å². The fraction of sp³-hybridized carbons (Fsp3) is 0.562. The molecule has 1 heterocycles. The van der Waals surface area contributed by atoms with E-state index < -0.39 is 0 Å². The highest BCUT2D eigenvalue weighted by atomic mass is 16.5. The SMILES string of the molecule is CC1CCC(C)N(CCOc2cccc(C#N)c2)C1. The number of ether oxygens (including phenoxy) is 1. The lowest BCUT2D eigenvalue weighted by Gasteiger charge is -2.36. The summed E-state index contributed by atoms with van der Waals surface area (Å²) in [5.41, 5.74) is 0.650. The number of likely N-dealkylation sites (tertiary alicyclic amines) is 1. The van der Waals surface area contributed by atoms with E-state index in [1.807, 2.05) is 12.1 Å². The van der Waals surface area contributed by atoms with E-state index in [0.29, 0.717) is 18.2 Å². The molecular weight excluding hydrogens is 236 g/mol. The molecule has 0 aliphatic carbocycles. The maximum atomic E-state index is 8.84. The number of benzene rings is 1. The van der Waals surface area contributed by atoms with Crippen LogP contribution in [0.1, 0.15) is 32.3 Å². The topological polar surface area (TPSA) is 36.3 Å². The smallest absolute Gasteiger partial charge is 0.120 e. The van der Waals surface area contributed by atoms with E-state index in [-0.39, 0.29) is 0 Å². The fourth-order valence-electron chi connectivity index (χ4n) is 2.63. The van der Waals surface area contributed by atoms with E-state index in [1.165, 1.54) is 19.4 Å². The summed E-state index contributed by atoms with van der Waals surface area (Å²) in [6, 6.07) is 10.1. The summed E-state index contributed by atoms with van der Waals surface area (Å²) in [5.74, 6) is 1.58. The average Bonchev–Trinajstić information content (AvgIpc) is 2.43. The summed E-state index contributed by atoms with van der Waals surface area (Å²) in [7, 11) is 0. The van der Waals surface area contributed by atoms with Gasteiger partial charge in [-0.15, -0.1) is 0 Å². The van der Waals surface area contributed by atoms with E-state index in [2.05, 4.69) is 24.8 Å². The Hall–Kier alpha value is -1.53. The van der Waals surface area contributed by atoms with Crippen molar-refractivity contribution in [3.8, 4) is 11.8 Å². The Morgan fingerprint density at radius 1 is 1.37 bits per heavy atom. The van der Waals surface area contributed by atoms with Gasteiger partial charge in [0.2, 0.25) is 0 Å². The van der Waals surface area contributed by atoms with Gasteiger partial charge in [-0.1, -0.05) is 13.0 Å². The van der Waals surface area contributed by atoms with Crippen LogP contribution in [0.15, 0.2) is 24.3 Å². The van der Waals surface area contributed by atoms with E-state index in [9.17, 15) is 0 Å². The second kappa shape index (κ2) is 6.58. The van der Waals surface area contributed by atoms with Gasteiger partial charge in [0.15, 0.2) is 0 Å². The van der Waals surface area contributed by atoms with Gasteiger partial charge in [-0.2, -0.15) is 5.26 Å². The van der Waals surface area contributed by atoms with Gasteiger partial charge in [0.05, 0.1) is 11.6 Å². The minimum atomic E-state index is 0.650. The first-order chi connectivity index (χ1) is 9.19. The van der Waals surface area contributed by atoms with Crippen molar-refractivity contribution in [3.05, 3.63) is 29.8 Å². The van der Waals surface area contributed by atoms with Crippen LogP contribution in [0, 0.1) is 17.2 Å². The molecule has 2 unspecified atom stereocenters. The Balaban J connectivity index is 1.81. The predicted molar refractivity (Wildman–Crippen MR) is 76.1 cm³/mol. The van der Waals surface area contributed by atoms with Crippen LogP contribution >= 0.6 is 0 Å². The maximum absolute atomic E-state index is 8.84. The zero-order valence-electron chi connectivity index (χ0n) is 11.8. The molecule has 0 N–H and O–H groups in total. The summed E-state index contributed by atoms with van der Waals surface area (Å²) in [6.45, 7) is 7.43. The van der Waals surface area contributed by atoms with Crippen LogP contribution in [0.3, 0.4) is 0 Å². The number of rotatable bonds is 4. The average molecular weight is 258 g/mol. The lowest BCUT2D eigenvalue weighted by molar-refractivity contribution is 0.105. The maximum Gasteiger partial charge on any atom is 0.120 e. The van der Waals surface area contributed by atoms with Crippen LogP contribution in [0.25, 0.3) is 0 Å². The molecule has 1 fully saturated rings. The van der Waals surface area contributed by atoms with Crippen molar-refractivity contribution < 1.29 is 4.74 Å². The molecule has 0 saturated carbocycles. The van der Waals surface area contributed by atoms with Crippen LogP contribution < -0.4 is 4.74 Å². The van der Waals surface area contributed by atoms with E-state index >= 15 is 0 Å². The van der Waals surface area contributed by atoms with E-state index in [1.54, 1.807) is 12.1 Å². The summed E-state index contributed by atoms with van der Waals surface area (Å²) in [5, 5.41) is 8.84. The second-order valence-electron chi connectivity index (χ2n) is 5.51. The molecule has 0 bridgehead atoms. The van der Waals surface area contributed by atoms with Gasteiger partial charge >= 0.3 is 0 Å². The summed E-state index contributed by atoms with van der Waals surface area (Å²) in [4.78, 5) is 2.50. The Morgan fingerprint density at radius 3 is 3.00 bits per heavy atom. The van der Waals surface area contributed by atoms with Crippen molar-refractivity contribution in [1.82, 2.24) is 4.90 Å². The van der Waals surface area contributed by atoms with Crippen LogP contribution in [0.5, 0.6) is 5.75 Å². The minimum Gasteiger partial charge on any atom is -0.492 e. The zero-order valence-corrected chi connectivity index (χ0v) is 11.8. The lowest BCUT2D eigenvalue weighted by atomic mass is 9.95. The van der Waals surface area contributed by atoms with Crippen molar-refractivity contribution in [2.24, 2.45) is 5.92 Å². The first-order valence-corrected chi connectivity index (χ1v) is 7.06. The minimum absolute atomic E-state index is 0.650. The largest absolute Gasteiger partial charge is 0.492 e. The van der Waals surface area contributed by atoms with Crippen molar-refractivity contribution in [2.75, 3.05) is 19.7 Å². The molecule has 0 amide bonds. The summed E-state index contributed by atoms with van der Waals surface area (Å²) in [6.07, 6.45) is 2.62. The third-order valence-corrected chi connectivity index (χ3v) is 3.86. The number of hydrogen-bond acceptors (Lipinski definition) is 3. The predicted octanol–water partition coefficient (Wildman–Crippen LogP) is 3.06. The molecule has 2 rings (SSSR count). The molecular formula is C16H22N2O. The first-order valence-electron chi connectivity index (χ1n) is 7.06. The van der Waals surface area contributed by atoms with Gasteiger partial charge in [0.25, 0.3) is 0 Å². The highest BCUT2D eigenvalue weighted by Crippen LogP contribution is 2.21. The third kappa shape index (κ3) is 3.97. The third-order valence-electron chi connectivity index (χ3n) is 3.86. The van der Waals surface area contributed by atoms with Crippen molar-refractivity contribution in [3.63, 3.8) is 0 Å². The first kappa shape index (κ1) is 13.9. The molecule has 2 atom stereocenters. The molecule has 3 nitrogen and oxygen atoms in total. The van der Waals surface area contributed by atoms with Crippen molar-refractivity contribution >= 4 is 0 Å². The normalized spacial score (nSPS) is 23.8. The Morgan fingerprint density at radius 2 is 2.21 bits per heavy atom. The van der Waals surface area contributed by atoms with Gasteiger partial charge in [0.1, 0.15) is 12.4 Å². The van der Waals surface area contributed by atoms with Crippen LogP contribution in [0.2, 0.25) is 0 Å². The molecule has 102 valence electrons. The van der Waals surface area contributed by atoms with Crippen molar-refractivity contribution in [1.29, 1.82) is 5.26 Å². The van der Waals surface area contributed by atoms with Gasteiger partial charge in [-0.25, -0.2) is 0 Å². The molecule has 1 aromatic carbocycles. The molecule has 1 saturated heterocycles. The Kier molecular flexibility index (Phi) is 4.81. The van der Waals surface area contributed by atoms with Crippen LogP contribution in [-0.4, -0.2) is 30.6 Å². The molecule has 0 aromatic heterocycles. The Labute approximate surface area is 115 Å². The van der Waals surface area contributed by atoms with Crippen LogP contribution in [-0.2, 0) is 0 Å². The highest BCUT2D eigenvalue weighted by Gasteiger charge is 2.22. The van der Waals surface area contributed by atoms with Gasteiger partial charge in [0, 0.05) is 19.1 Å². The summed E-state index contributed by atoms with van der Waals surface area (Å²) < 4.78 is 5.74. The lowest BCUT2D eigenvalue weighted by Crippen LogP contribution is -2.43. The molecule has 3 heteroatoms. The van der Waals surface area contributed by atoms with Gasteiger partial charge < -0.3 is 4.74 Å². The second-order valence-corrected chi connectivity index (χ2v) is 5.51. The number of nitriles is 1. The molecule has 19 heavy (non-hydrogen) atoms. The number of nitrogens with zero attached hydrogens (tertiary/aromatic N) is 2. The molecule has 0 spiro atoms. The molecule has 1 aromatic rings.